The zero-order chi connectivity index (χ0) is 8.27. The molecule has 0 aromatic heterocycles. The predicted octanol–water partition coefficient (Wildman–Crippen LogP) is 1.20. The van der Waals surface area contributed by atoms with Gasteiger partial charge in [-0.2, -0.15) is 5.84 Å². The van der Waals surface area contributed by atoms with Gasteiger partial charge in [-0.3, -0.25) is 10.1 Å². The molecule has 5 heteroatoms. The fraction of sp³-hybridized carbons (Fsp3) is 0. The van der Waals surface area contributed by atoms with Crippen LogP contribution in [-0.2, 0) is 0 Å². The van der Waals surface area contributed by atoms with Crippen LogP contribution in [0.4, 0.5) is 11.4 Å². The van der Waals surface area contributed by atoms with Crippen LogP contribution in [0, 0.1) is 10.1 Å². The minimum absolute atomic E-state index is 0.0118. The molecular weight excluding hydrogens is 146 g/mol. The number of nitro benzene ring substituents is 1. The molecule has 2 N–H and O–H groups in total. The average molecular weight is 152 g/mol. The molecule has 0 atom stereocenters. The van der Waals surface area contributed by atoms with Gasteiger partial charge in [-0.1, -0.05) is 6.07 Å². The molecular formula is C6H6N3O2. The lowest BCUT2D eigenvalue weighted by Crippen LogP contribution is -1.93. The van der Waals surface area contributed by atoms with Crippen molar-refractivity contribution >= 4 is 11.4 Å². The number of non-ortho nitro benzene ring substituents is 1. The van der Waals surface area contributed by atoms with Gasteiger partial charge in [0.25, 0.3) is 5.69 Å². The van der Waals surface area contributed by atoms with Gasteiger partial charge >= 0.3 is 0 Å². The third kappa shape index (κ3) is 1.65. The molecule has 0 aliphatic rings. The van der Waals surface area contributed by atoms with Crippen molar-refractivity contribution in [2.45, 2.75) is 0 Å². The van der Waals surface area contributed by atoms with Crippen LogP contribution in [0.5, 0.6) is 0 Å². The summed E-state index contributed by atoms with van der Waals surface area (Å²) in [5.41, 5.74) is 2.47. The first-order chi connectivity index (χ1) is 5.24. The Hall–Kier alpha value is -1.62. The molecule has 1 aromatic rings. The van der Waals surface area contributed by atoms with Crippen LogP contribution in [0.1, 0.15) is 0 Å². The summed E-state index contributed by atoms with van der Waals surface area (Å²) in [6, 6.07) is 5.78. The highest BCUT2D eigenvalue weighted by Gasteiger charge is 2.03. The van der Waals surface area contributed by atoms with Crippen molar-refractivity contribution in [2.24, 2.45) is 0 Å². The fourth-order valence-electron chi connectivity index (χ4n) is 0.697. The number of nitrogens with zero attached hydrogens (tertiary/aromatic N) is 1. The third-order valence-corrected chi connectivity index (χ3v) is 1.20. The SMILES string of the molecule is [NH]Nc1cccc([N+](=O)[O-])c1. The lowest BCUT2D eigenvalue weighted by atomic mass is 10.3. The van der Waals surface area contributed by atoms with Crippen LogP contribution < -0.4 is 11.3 Å². The van der Waals surface area contributed by atoms with E-state index in [9.17, 15) is 10.1 Å². The number of hydrogen-bond acceptors (Lipinski definition) is 3. The van der Waals surface area contributed by atoms with Gasteiger partial charge in [0.15, 0.2) is 0 Å². The topological polar surface area (TPSA) is 79.0 Å². The van der Waals surface area contributed by atoms with Crippen molar-refractivity contribution in [2.75, 3.05) is 5.43 Å². The van der Waals surface area contributed by atoms with Crippen molar-refractivity contribution in [3.8, 4) is 0 Å². The number of benzene rings is 1. The number of anilines is 1. The van der Waals surface area contributed by atoms with Gasteiger partial charge in [0, 0.05) is 12.1 Å². The summed E-state index contributed by atoms with van der Waals surface area (Å²) in [5.74, 6) is 6.71. The van der Waals surface area contributed by atoms with E-state index < -0.39 is 4.92 Å². The molecule has 57 valence electrons. The molecule has 0 saturated heterocycles. The Kier molecular flexibility index (Phi) is 2.03. The Labute approximate surface area is 62.9 Å². The lowest BCUT2D eigenvalue weighted by Gasteiger charge is -1.95. The van der Waals surface area contributed by atoms with Crippen molar-refractivity contribution in [3.63, 3.8) is 0 Å². The van der Waals surface area contributed by atoms with Crippen molar-refractivity contribution in [1.29, 1.82) is 0 Å². The molecule has 1 rings (SSSR count). The number of nitro groups is 1. The van der Waals surface area contributed by atoms with E-state index in [0.29, 0.717) is 5.69 Å². The van der Waals surface area contributed by atoms with Gasteiger partial charge in [-0.15, -0.1) is 0 Å². The maximum absolute atomic E-state index is 10.2. The average Bonchev–Trinajstić information content (AvgIpc) is 2.05. The van der Waals surface area contributed by atoms with Crippen LogP contribution in [0.15, 0.2) is 24.3 Å². The van der Waals surface area contributed by atoms with Crippen molar-refractivity contribution < 1.29 is 4.92 Å². The quantitative estimate of drug-likeness (QED) is 0.510. The van der Waals surface area contributed by atoms with Crippen LogP contribution in [0.2, 0.25) is 0 Å². The summed E-state index contributed by atoms with van der Waals surface area (Å²) in [6.07, 6.45) is 0. The number of hydrogen-bond donors (Lipinski definition) is 1. The van der Waals surface area contributed by atoms with Gasteiger partial charge < -0.3 is 5.43 Å². The highest BCUT2D eigenvalue weighted by atomic mass is 16.6. The first-order valence-electron chi connectivity index (χ1n) is 2.91. The number of rotatable bonds is 2. The molecule has 0 heterocycles. The fourth-order valence-corrected chi connectivity index (χ4v) is 0.697. The van der Waals surface area contributed by atoms with Crippen LogP contribution >= 0.6 is 0 Å². The molecule has 0 saturated carbocycles. The normalized spacial score (nSPS) is 9.18. The van der Waals surface area contributed by atoms with Gasteiger partial charge in [0.05, 0.1) is 10.6 Å². The molecule has 5 nitrogen and oxygen atoms in total. The summed E-state index contributed by atoms with van der Waals surface area (Å²) in [5, 5.41) is 10.2. The van der Waals surface area contributed by atoms with Gasteiger partial charge in [-0.05, 0) is 6.07 Å². The molecule has 0 bridgehead atoms. The molecule has 0 aliphatic heterocycles. The second kappa shape index (κ2) is 2.98. The zero-order valence-corrected chi connectivity index (χ0v) is 5.57. The standard InChI is InChI=1S/C6H6N3O2/c7-8-5-2-1-3-6(4-5)9(10)11/h1-4,7-8H. The Bertz CT molecular complexity index is 274. The van der Waals surface area contributed by atoms with Gasteiger partial charge in [0.2, 0.25) is 0 Å². The van der Waals surface area contributed by atoms with Gasteiger partial charge in [0.1, 0.15) is 0 Å². The summed E-state index contributed by atoms with van der Waals surface area (Å²) in [4.78, 5) is 9.69. The summed E-state index contributed by atoms with van der Waals surface area (Å²) in [6.45, 7) is 0. The molecule has 0 aliphatic carbocycles. The van der Waals surface area contributed by atoms with E-state index in [0.717, 1.165) is 0 Å². The molecule has 11 heavy (non-hydrogen) atoms. The van der Waals surface area contributed by atoms with E-state index in [1.54, 1.807) is 6.07 Å². The molecule has 0 fully saturated rings. The minimum atomic E-state index is -0.499. The van der Waals surface area contributed by atoms with Crippen LogP contribution in [0.3, 0.4) is 0 Å². The van der Waals surface area contributed by atoms with E-state index >= 15 is 0 Å². The first kappa shape index (κ1) is 7.49. The highest BCUT2D eigenvalue weighted by molar-refractivity contribution is 5.49. The van der Waals surface area contributed by atoms with E-state index in [1.807, 2.05) is 0 Å². The Morgan fingerprint density at radius 1 is 1.55 bits per heavy atom. The molecule has 0 amide bonds. The molecule has 1 radical (unpaired) electrons. The Morgan fingerprint density at radius 3 is 2.82 bits per heavy atom. The van der Waals surface area contributed by atoms with Crippen molar-refractivity contribution in [1.82, 2.24) is 5.84 Å². The lowest BCUT2D eigenvalue weighted by molar-refractivity contribution is -0.384. The molecule has 0 unspecified atom stereocenters. The van der Waals surface area contributed by atoms with Crippen LogP contribution in [-0.4, -0.2) is 4.92 Å². The Morgan fingerprint density at radius 2 is 2.27 bits per heavy atom. The highest BCUT2D eigenvalue weighted by Crippen LogP contribution is 2.15. The summed E-state index contributed by atoms with van der Waals surface area (Å²) < 4.78 is 0. The van der Waals surface area contributed by atoms with E-state index in [2.05, 4.69) is 5.43 Å². The van der Waals surface area contributed by atoms with E-state index in [1.165, 1.54) is 18.2 Å². The summed E-state index contributed by atoms with van der Waals surface area (Å²) in [7, 11) is 0. The minimum Gasteiger partial charge on any atom is -0.307 e. The third-order valence-electron chi connectivity index (χ3n) is 1.20. The first-order valence-corrected chi connectivity index (χ1v) is 2.91. The maximum Gasteiger partial charge on any atom is 0.271 e. The Balaban J connectivity index is 3.01. The second-order valence-electron chi connectivity index (χ2n) is 1.93. The monoisotopic (exact) mass is 152 g/mol. The van der Waals surface area contributed by atoms with Crippen LogP contribution in [0.25, 0.3) is 0 Å². The van der Waals surface area contributed by atoms with E-state index in [-0.39, 0.29) is 5.69 Å². The maximum atomic E-state index is 10.2. The molecule has 1 aromatic carbocycles. The largest absolute Gasteiger partial charge is 0.307 e. The number of nitrogens with one attached hydrogen (secondary N) is 2. The second-order valence-corrected chi connectivity index (χ2v) is 1.93. The zero-order valence-electron chi connectivity index (χ0n) is 5.57. The summed E-state index contributed by atoms with van der Waals surface area (Å²) >= 11 is 0. The van der Waals surface area contributed by atoms with E-state index in [4.69, 9.17) is 5.84 Å². The molecule has 0 spiro atoms. The predicted molar refractivity (Wildman–Crippen MR) is 39.8 cm³/mol. The van der Waals surface area contributed by atoms with Crippen molar-refractivity contribution in [3.05, 3.63) is 34.4 Å². The van der Waals surface area contributed by atoms with Gasteiger partial charge in [-0.25, -0.2) is 0 Å². The smallest absolute Gasteiger partial charge is 0.271 e.